The third-order valence-electron chi connectivity index (χ3n) is 5.87. The van der Waals surface area contributed by atoms with Crippen molar-refractivity contribution in [1.29, 1.82) is 0 Å². The molecule has 2 heterocycles. The predicted molar refractivity (Wildman–Crippen MR) is 119 cm³/mol. The third kappa shape index (κ3) is 2.37. The SMILES string of the molecule is Cc1cc2ccc3oc4c(-c5ccc6ccccc6c5)ncnc4c3c2cc1C. The van der Waals surface area contributed by atoms with E-state index in [4.69, 9.17) is 4.42 Å². The summed E-state index contributed by atoms with van der Waals surface area (Å²) in [6.07, 6.45) is 1.64. The van der Waals surface area contributed by atoms with Crippen LogP contribution >= 0.6 is 0 Å². The Morgan fingerprint density at radius 3 is 2.41 bits per heavy atom. The Kier molecular flexibility index (Phi) is 3.30. The molecular weight excluding hydrogens is 356 g/mol. The number of hydrogen-bond donors (Lipinski definition) is 0. The Morgan fingerprint density at radius 1 is 0.724 bits per heavy atom. The van der Waals surface area contributed by atoms with Crippen LogP contribution in [0.1, 0.15) is 11.1 Å². The molecule has 0 atom stereocenters. The largest absolute Gasteiger partial charge is 0.452 e. The third-order valence-corrected chi connectivity index (χ3v) is 5.87. The second-order valence-electron chi connectivity index (χ2n) is 7.66. The fourth-order valence-electron chi connectivity index (χ4n) is 4.20. The molecule has 0 unspecified atom stereocenters. The molecule has 0 radical (unpaired) electrons. The van der Waals surface area contributed by atoms with Crippen LogP contribution in [0.5, 0.6) is 0 Å². The second kappa shape index (κ2) is 5.89. The maximum Gasteiger partial charge on any atom is 0.180 e. The van der Waals surface area contributed by atoms with Crippen LogP contribution in [0.25, 0.3) is 54.9 Å². The highest BCUT2D eigenvalue weighted by Crippen LogP contribution is 2.38. The fraction of sp³-hybridized carbons (Fsp3) is 0.0769. The van der Waals surface area contributed by atoms with Crippen LogP contribution in [-0.4, -0.2) is 9.97 Å². The van der Waals surface area contributed by atoms with Crippen LogP contribution in [0, 0.1) is 13.8 Å². The highest BCUT2D eigenvalue weighted by molar-refractivity contribution is 6.19. The summed E-state index contributed by atoms with van der Waals surface area (Å²) in [7, 11) is 0. The summed E-state index contributed by atoms with van der Waals surface area (Å²) in [6.45, 7) is 4.29. The Hall–Kier alpha value is -3.72. The van der Waals surface area contributed by atoms with E-state index in [1.165, 1.54) is 32.7 Å². The number of fused-ring (bicyclic) bond motifs is 6. The van der Waals surface area contributed by atoms with Gasteiger partial charge in [0.2, 0.25) is 0 Å². The topological polar surface area (TPSA) is 38.9 Å². The number of benzene rings is 4. The van der Waals surface area contributed by atoms with Crippen LogP contribution in [-0.2, 0) is 0 Å². The Morgan fingerprint density at radius 2 is 1.52 bits per heavy atom. The van der Waals surface area contributed by atoms with Gasteiger partial charge < -0.3 is 4.42 Å². The zero-order valence-corrected chi connectivity index (χ0v) is 16.2. The number of rotatable bonds is 1. The molecule has 29 heavy (non-hydrogen) atoms. The molecule has 6 aromatic rings. The molecule has 0 N–H and O–H groups in total. The highest BCUT2D eigenvalue weighted by Gasteiger charge is 2.17. The minimum atomic E-state index is 0.739. The zero-order chi connectivity index (χ0) is 19.5. The molecule has 0 aliphatic rings. The molecule has 0 spiro atoms. The molecule has 2 aromatic heterocycles. The number of furan rings is 1. The van der Waals surface area contributed by atoms with Gasteiger partial charge in [0.05, 0.1) is 5.39 Å². The Labute approximate surface area is 167 Å². The van der Waals surface area contributed by atoms with Crippen molar-refractivity contribution in [3.8, 4) is 11.3 Å². The first-order chi connectivity index (χ1) is 14.2. The molecular formula is C26H18N2O. The Bertz CT molecular complexity index is 1580. The van der Waals surface area contributed by atoms with Crippen LogP contribution < -0.4 is 0 Å². The molecule has 0 aliphatic carbocycles. The molecule has 138 valence electrons. The quantitative estimate of drug-likeness (QED) is 0.312. The van der Waals surface area contributed by atoms with Gasteiger partial charge in [0, 0.05) is 5.56 Å². The monoisotopic (exact) mass is 374 g/mol. The van der Waals surface area contributed by atoms with Crippen molar-refractivity contribution in [1.82, 2.24) is 9.97 Å². The molecule has 0 aliphatic heterocycles. The van der Waals surface area contributed by atoms with Crippen molar-refractivity contribution in [2.75, 3.05) is 0 Å². The molecule has 6 rings (SSSR count). The number of aryl methyl sites for hydroxylation is 2. The summed E-state index contributed by atoms with van der Waals surface area (Å²) >= 11 is 0. The van der Waals surface area contributed by atoms with Crippen LogP contribution in [0.4, 0.5) is 0 Å². The molecule has 0 saturated carbocycles. The summed E-state index contributed by atoms with van der Waals surface area (Å²) in [5.74, 6) is 0. The summed E-state index contributed by atoms with van der Waals surface area (Å²) in [6, 6.07) is 23.4. The van der Waals surface area contributed by atoms with Crippen molar-refractivity contribution in [3.05, 3.63) is 84.2 Å². The van der Waals surface area contributed by atoms with E-state index in [0.717, 1.165) is 33.3 Å². The lowest BCUT2D eigenvalue weighted by atomic mass is 9.99. The zero-order valence-electron chi connectivity index (χ0n) is 16.2. The second-order valence-corrected chi connectivity index (χ2v) is 7.66. The molecule has 0 fully saturated rings. The van der Waals surface area contributed by atoms with Crippen LogP contribution in [0.2, 0.25) is 0 Å². The lowest BCUT2D eigenvalue weighted by molar-refractivity contribution is 0.667. The first-order valence-electron chi connectivity index (χ1n) is 9.75. The van der Waals surface area contributed by atoms with Gasteiger partial charge in [-0.3, -0.25) is 0 Å². The maximum atomic E-state index is 6.30. The van der Waals surface area contributed by atoms with Crippen molar-refractivity contribution < 1.29 is 4.42 Å². The maximum absolute atomic E-state index is 6.30. The minimum Gasteiger partial charge on any atom is -0.452 e. The molecule has 0 saturated heterocycles. The first-order valence-corrected chi connectivity index (χ1v) is 9.75. The van der Waals surface area contributed by atoms with Gasteiger partial charge in [-0.05, 0) is 58.7 Å². The average molecular weight is 374 g/mol. The van der Waals surface area contributed by atoms with Gasteiger partial charge >= 0.3 is 0 Å². The molecule has 0 amide bonds. The van der Waals surface area contributed by atoms with E-state index >= 15 is 0 Å². The van der Waals surface area contributed by atoms with Gasteiger partial charge in [0.1, 0.15) is 23.1 Å². The lowest BCUT2D eigenvalue weighted by Gasteiger charge is -2.05. The number of hydrogen-bond acceptors (Lipinski definition) is 3. The summed E-state index contributed by atoms with van der Waals surface area (Å²) in [5, 5.41) is 5.83. The number of nitrogens with zero attached hydrogens (tertiary/aromatic N) is 2. The van der Waals surface area contributed by atoms with E-state index in [9.17, 15) is 0 Å². The smallest absolute Gasteiger partial charge is 0.180 e. The predicted octanol–water partition coefficient (Wildman–Crippen LogP) is 6.97. The van der Waals surface area contributed by atoms with Gasteiger partial charge in [-0.2, -0.15) is 0 Å². The standard InChI is InChI=1S/C26H18N2O/c1-15-11-19-9-10-22-23(21(19)12-16(15)2)25-26(29-22)24(27-14-28-25)20-8-7-17-5-3-4-6-18(17)13-20/h3-14H,1-2H3. The average Bonchev–Trinajstić information content (AvgIpc) is 3.13. The first kappa shape index (κ1) is 16.3. The summed E-state index contributed by atoms with van der Waals surface area (Å²) in [4.78, 5) is 9.20. The van der Waals surface area contributed by atoms with Gasteiger partial charge in [0.15, 0.2) is 5.58 Å². The molecule has 0 bridgehead atoms. The van der Waals surface area contributed by atoms with Crippen molar-refractivity contribution >= 4 is 43.6 Å². The van der Waals surface area contributed by atoms with Crippen molar-refractivity contribution in [2.45, 2.75) is 13.8 Å². The van der Waals surface area contributed by atoms with E-state index in [1.54, 1.807) is 6.33 Å². The van der Waals surface area contributed by atoms with Crippen molar-refractivity contribution in [3.63, 3.8) is 0 Å². The van der Waals surface area contributed by atoms with E-state index in [0.29, 0.717) is 0 Å². The Balaban J connectivity index is 1.70. The highest BCUT2D eigenvalue weighted by atomic mass is 16.3. The lowest BCUT2D eigenvalue weighted by Crippen LogP contribution is -1.87. The van der Waals surface area contributed by atoms with Gasteiger partial charge in [-0.25, -0.2) is 9.97 Å². The van der Waals surface area contributed by atoms with Gasteiger partial charge in [-0.1, -0.05) is 54.6 Å². The molecule has 3 heteroatoms. The van der Waals surface area contributed by atoms with E-state index in [2.05, 4.69) is 84.5 Å². The summed E-state index contributed by atoms with van der Waals surface area (Å²) < 4.78 is 6.30. The van der Waals surface area contributed by atoms with Gasteiger partial charge in [-0.15, -0.1) is 0 Å². The van der Waals surface area contributed by atoms with Crippen LogP contribution in [0.3, 0.4) is 0 Å². The molecule has 4 aromatic carbocycles. The van der Waals surface area contributed by atoms with Crippen LogP contribution in [0.15, 0.2) is 77.5 Å². The van der Waals surface area contributed by atoms with E-state index in [1.807, 2.05) is 6.07 Å². The van der Waals surface area contributed by atoms with Gasteiger partial charge in [0.25, 0.3) is 0 Å². The summed E-state index contributed by atoms with van der Waals surface area (Å²) in [5.41, 5.74) is 6.87. The van der Waals surface area contributed by atoms with E-state index < -0.39 is 0 Å². The minimum absolute atomic E-state index is 0.739. The van der Waals surface area contributed by atoms with Crippen molar-refractivity contribution in [2.24, 2.45) is 0 Å². The molecule has 3 nitrogen and oxygen atoms in total. The van der Waals surface area contributed by atoms with E-state index in [-0.39, 0.29) is 0 Å². The normalized spacial score (nSPS) is 11.8. The number of aromatic nitrogens is 2. The fourth-order valence-corrected chi connectivity index (χ4v) is 4.20.